The van der Waals surface area contributed by atoms with Crippen LogP contribution in [0.25, 0.3) is 0 Å². The predicted molar refractivity (Wildman–Crippen MR) is 83.7 cm³/mol. The highest BCUT2D eigenvalue weighted by atomic mass is 16.3. The lowest BCUT2D eigenvalue weighted by Gasteiger charge is -2.37. The lowest BCUT2D eigenvalue weighted by atomic mass is 9.96. The monoisotopic (exact) mass is 281 g/mol. The van der Waals surface area contributed by atoms with E-state index < -0.39 is 0 Å². The van der Waals surface area contributed by atoms with Gasteiger partial charge in [0.1, 0.15) is 0 Å². The van der Waals surface area contributed by atoms with Crippen molar-refractivity contribution in [3.05, 3.63) is 76.7 Å². The molecule has 0 amide bonds. The highest BCUT2D eigenvalue weighted by Gasteiger charge is 2.26. The Labute approximate surface area is 124 Å². The summed E-state index contributed by atoms with van der Waals surface area (Å²) in [5.41, 5.74) is 2.58. The van der Waals surface area contributed by atoms with Gasteiger partial charge in [0, 0.05) is 13.1 Å². The van der Waals surface area contributed by atoms with Crippen molar-refractivity contribution < 1.29 is 0 Å². The smallest absolute Gasteiger partial charge is 0.0603 e. The molecule has 21 heavy (non-hydrogen) atoms. The van der Waals surface area contributed by atoms with Crippen LogP contribution in [-0.2, 0) is 0 Å². The molecule has 0 saturated carbocycles. The molecule has 4 heteroatoms. The molecular weight excluding hydrogens is 262 g/mol. The SMILES string of the molecule is O=NN1CCN(C(c2ccccc2)c2ccccc2)CC1. The lowest BCUT2D eigenvalue weighted by molar-refractivity contribution is 0.111. The third-order valence-corrected chi connectivity index (χ3v) is 4.00. The third kappa shape index (κ3) is 3.11. The van der Waals surface area contributed by atoms with Crippen molar-refractivity contribution >= 4 is 0 Å². The van der Waals surface area contributed by atoms with Crippen LogP contribution in [0, 0.1) is 4.91 Å². The quantitative estimate of drug-likeness (QED) is 0.808. The second-order valence-electron chi connectivity index (χ2n) is 5.30. The molecule has 0 radical (unpaired) electrons. The van der Waals surface area contributed by atoms with Crippen molar-refractivity contribution in [2.45, 2.75) is 6.04 Å². The first-order valence-electron chi connectivity index (χ1n) is 7.30. The minimum absolute atomic E-state index is 0.237. The standard InChI is InChI=1S/C17H19N3O/c21-18-20-13-11-19(12-14-20)17(15-7-3-1-4-8-15)16-9-5-2-6-10-16/h1-10,17H,11-14H2. The molecule has 0 N–H and O–H groups in total. The molecular formula is C17H19N3O. The third-order valence-electron chi connectivity index (χ3n) is 4.00. The van der Waals surface area contributed by atoms with Crippen LogP contribution in [0.3, 0.4) is 0 Å². The van der Waals surface area contributed by atoms with Crippen LogP contribution >= 0.6 is 0 Å². The molecule has 3 rings (SSSR count). The largest absolute Gasteiger partial charge is 0.289 e. The molecule has 1 aliphatic heterocycles. The van der Waals surface area contributed by atoms with Crippen molar-refractivity contribution in [3.63, 3.8) is 0 Å². The Bertz CT molecular complexity index is 526. The molecule has 0 aromatic heterocycles. The highest BCUT2D eigenvalue weighted by molar-refractivity contribution is 5.31. The summed E-state index contributed by atoms with van der Waals surface area (Å²) in [6.45, 7) is 3.08. The van der Waals surface area contributed by atoms with Crippen LogP contribution in [0.4, 0.5) is 0 Å². The Kier molecular flexibility index (Phi) is 4.26. The summed E-state index contributed by atoms with van der Waals surface area (Å²) in [6.07, 6.45) is 0. The maximum atomic E-state index is 10.6. The van der Waals surface area contributed by atoms with Crippen molar-refractivity contribution in [1.29, 1.82) is 0 Å². The fraction of sp³-hybridized carbons (Fsp3) is 0.294. The molecule has 4 nitrogen and oxygen atoms in total. The van der Waals surface area contributed by atoms with Crippen LogP contribution in [0.5, 0.6) is 0 Å². The van der Waals surface area contributed by atoms with Crippen molar-refractivity contribution in [2.75, 3.05) is 26.2 Å². The number of nitrogens with zero attached hydrogens (tertiary/aromatic N) is 3. The van der Waals surface area contributed by atoms with Gasteiger partial charge >= 0.3 is 0 Å². The first kappa shape index (κ1) is 13.8. The highest BCUT2D eigenvalue weighted by Crippen LogP contribution is 2.29. The Morgan fingerprint density at radius 3 is 1.67 bits per heavy atom. The molecule has 1 fully saturated rings. The molecule has 0 aliphatic carbocycles. The van der Waals surface area contributed by atoms with Gasteiger partial charge in [-0.25, -0.2) is 0 Å². The molecule has 2 aromatic rings. The number of benzene rings is 2. The van der Waals surface area contributed by atoms with Gasteiger partial charge in [-0.05, 0) is 11.1 Å². The van der Waals surface area contributed by atoms with E-state index in [9.17, 15) is 4.91 Å². The summed E-state index contributed by atoms with van der Waals surface area (Å²) in [7, 11) is 0. The van der Waals surface area contributed by atoms with Crippen LogP contribution < -0.4 is 0 Å². The van der Waals surface area contributed by atoms with Gasteiger partial charge in [0.05, 0.1) is 24.4 Å². The number of piperazine rings is 1. The van der Waals surface area contributed by atoms with Gasteiger partial charge in [-0.3, -0.25) is 9.91 Å². The minimum atomic E-state index is 0.237. The summed E-state index contributed by atoms with van der Waals surface area (Å²) in [5.74, 6) is 0. The van der Waals surface area contributed by atoms with E-state index in [1.54, 1.807) is 5.01 Å². The van der Waals surface area contributed by atoms with Gasteiger partial charge in [0.15, 0.2) is 0 Å². The van der Waals surface area contributed by atoms with Crippen LogP contribution in [0.15, 0.2) is 65.9 Å². The van der Waals surface area contributed by atoms with Crippen LogP contribution in [0.1, 0.15) is 17.2 Å². The number of hydrogen-bond acceptors (Lipinski definition) is 3. The van der Waals surface area contributed by atoms with E-state index in [2.05, 4.69) is 58.7 Å². The molecule has 108 valence electrons. The normalized spacial score (nSPS) is 16.1. The van der Waals surface area contributed by atoms with Crippen molar-refractivity contribution in [2.24, 2.45) is 5.29 Å². The maximum Gasteiger partial charge on any atom is 0.0603 e. The Morgan fingerprint density at radius 2 is 1.24 bits per heavy atom. The van der Waals surface area contributed by atoms with Gasteiger partial charge in [0.2, 0.25) is 0 Å². The molecule has 0 atom stereocenters. The first-order chi connectivity index (χ1) is 10.4. The topological polar surface area (TPSA) is 35.9 Å². The molecule has 0 bridgehead atoms. The fourth-order valence-corrected chi connectivity index (χ4v) is 2.94. The Balaban J connectivity index is 1.89. The summed E-state index contributed by atoms with van der Waals surface area (Å²) in [4.78, 5) is 13.1. The number of hydrogen-bond donors (Lipinski definition) is 0. The van der Waals surface area contributed by atoms with E-state index in [1.807, 2.05) is 12.1 Å². The van der Waals surface area contributed by atoms with Crippen molar-refractivity contribution in [3.8, 4) is 0 Å². The molecule has 1 saturated heterocycles. The van der Waals surface area contributed by atoms with E-state index in [4.69, 9.17) is 0 Å². The predicted octanol–water partition coefficient (Wildman–Crippen LogP) is 3.08. The van der Waals surface area contributed by atoms with E-state index >= 15 is 0 Å². The number of nitroso groups, excluding NO2 is 1. The fourth-order valence-electron chi connectivity index (χ4n) is 2.94. The van der Waals surface area contributed by atoms with Gasteiger partial charge < -0.3 is 0 Å². The minimum Gasteiger partial charge on any atom is -0.289 e. The van der Waals surface area contributed by atoms with E-state index in [1.165, 1.54) is 11.1 Å². The summed E-state index contributed by atoms with van der Waals surface area (Å²) in [6, 6.07) is 21.3. The lowest BCUT2D eigenvalue weighted by Crippen LogP contribution is -2.45. The zero-order chi connectivity index (χ0) is 14.5. The average Bonchev–Trinajstić information content (AvgIpc) is 2.58. The summed E-state index contributed by atoms with van der Waals surface area (Å²) >= 11 is 0. The van der Waals surface area contributed by atoms with Crippen LogP contribution in [0.2, 0.25) is 0 Å². The van der Waals surface area contributed by atoms with Gasteiger partial charge in [-0.15, -0.1) is 4.91 Å². The molecule has 1 heterocycles. The Morgan fingerprint density at radius 1 is 0.762 bits per heavy atom. The second kappa shape index (κ2) is 6.50. The molecule has 0 spiro atoms. The first-order valence-corrected chi connectivity index (χ1v) is 7.30. The maximum absolute atomic E-state index is 10.6. The summed E-state index contributed by atoms with van der Waals surface area (Å²) in [5, 5.41) is 4.64. The summed E-state index contributed by atoms with van der Waals surface area (Å²) < 4.78 is 0. The zero-order valence-corrected chi connectivity index (χ0v) is 11.9. The van der Waals surface area contributed by atoms with Gasteiger partial charge in [0.25, 0.3) is 0 Å². The van der Waals surface area contributed by atoms with E-state index in [0.717, 1.165) is 13.1 Å². The molecule has 0 unspecified atom stereocenters. The Hall–Kier alpha value is -2.20. The second-order valence-corrected chi connectivity index (χ2v) is 5.30. The van der Waals surface area contributed by atoms with Gasteiger partial charge in [-0.1, -0.05) is 60.7 Å². The molecule has 1 aliphatic rings. The molecule has 2 aromatic carbocycles. The van der Waals surface area contributed by atoms with Crippen molar-refractivity contribution in [1.82, 2.24) is 9.91 Å². The number of rotatable bonds is 4. The zero-order valence-electron chi connectivity index (χ0n) is 11.9. The van der Waals surface area contributed by atoms with E-state index in [-0.39, 0.29) is 6.04 Å². The van der Waals surface area contributed by atoms with E-state index in [0.29, 0.717) is 13.1 Å². The van der Waals surface area contributed by atoms with Crippen LogP contribution in [-0.4, -0.2) is 36.1 Å². The van der Waals surface area contributed by atoms with Gasteiger partial charge in [-0.2, -0.15) is 0 Å². The average molecular weight is 281 g/mol.